The molecule has 0 spiro atoms. The number of thiazole rings is 1. The summed E-state index contributed by atoms with van der Waals surface area (Å²) in [5, 5.41) is 4.98. The molecule has 0 amide bonds. The van der Waals surface area contributed by atoms with Crippen LogP contribution in [0.3, 0.4) is 0 Å². The van der Waals surface area contributed by atoms with Gasteiger partial charge in [-0.2, -0.15) is 5.10 Å². The largest absolute Gasteiger partial charge is 0.493 e. The van der Waals surface area contributed by atoms with Crippen LogP contribution in [0.2, 0.25) is 0 Å². The number of halogens is 2. The number of aromatic nitrogens is 1. The topological polar surface area (TPSA) is 55.7 Å². The van der Waals surface area contributed by atoms with Crippen LogP contribution in [0.1, 0.15) is 11.1 Å². The molecule has 1 aromatic heterocycles. The number of nitrogens with zero attached hydrogens (tertiary/aromatic N) is 2. The number of para-hydroxylation sites is 1. The van der Waals surface area contributed by atoms with Gasteiger partial charge in [0.25, 0.3) is 0 Å². The van der Waals surface area contributed by atoms with Crippen LogP contribution in [0.4, 0.5) is 9.52 Å². The molecule has 5 nitrogen and oxygen atoms in total. The molecular formula is C22H17BrFN3O2S. The Morgan fingerprint density at radius 1 is 1.17 bits per heavy atom. The fourth-order valence-corrected chi connectivity index (χ4v) is 4.19. The molecule has 0 unspecified atom stereocenters. The standard InChI is InChI=1S/C22H17BrFN3O2S/c1-28-19-11-14(12-25-27-22-26-18-8-4-5-9-20(18)30-22)10-16(23)21(19)29-13-15-6-2-3-7-17(15)24/h2-12H,13H2,1H3,(H,26,27). The summed E-state index contributed by atoms with van der Waals surface area (Å²) >= 11 is 5.03. The second kappa shape index (κ2) is 9.23. The number of anilines is 1. The Labute approximate surface area is 185 Å². The van der Waals surface area contributed by atoms with Crippen LogP contribution in [-0.2, 0) is 6.61 Å². The zero-order chi connectivity index (χ0) is 20.9. The lowest BCUT2D eigenvalue weighted by atomic mass is 10.2. The van der Waals surface area contributed by atoms with E-state index in [4.69, 9.17) is 9.47 Å². The second-order valence-corrected chi connectivity index (χ2v) is 8.16. The molecule has 30 heavy (non-hydrogen) atoms. The van der Waals surface area contributed by atoms with E-state index in [0.29, 0.717) is 26.7 Å². The number of hydrogen-bond donors (Lipinski definition) is 1. The van der Waals surface area contributed by atoms with Gasteiger partial charge in [0.05, 0.1) is 28.0 Å². The zero-order valence-electron chi connectivity index (χ0n) is 15.9. The highest BCUT2D eigenvalue weighted by Gasteiger charge is 2.12. The molecular weight excluding hydrogens is 469 g/mol. The Morgan fingerprint density at radius 2 is 1.97 bits per heavy atom. The number of methoxy groups -OCH3 is 1. The van der Waals surface area contributed by atoms with Gasteiger partial charge in [0, 0.05) is 5.56 Å². The lowest BCUT2D eigenvalue weighted by Gasteiger charge is -2.13. The summed E-state index contributed by atoms with van der Waals surface area (Å²) in [5.41, 5.74) is 5.15. The highest BCUT2D eigenvalue weighted by atomic mass is 79.9. The third-order valence-corrected chi connectivity index (χ3v) is 5.78. The molecule has 3 aromatic carbocycles. The Bertz CT molecular complexity index is 1180. The van der Waals surface area contributed by atoms with E-state index < -0.39 is 0 Å². The Hall–Kier alpha value is -2.97. The summed E-state index contributed by atoms with van der Waals surface area (Å²) in [6.45, 7) is 0.0915. The lowest BCUT2D eigenvalue weighted by Crippen LogP contribution is -2.01. The summed E-state index contributed by atoms with van der Waals surface area (Å²) < 4.78 is 26.9. The molecule has 0 saturated heterocycles. The van der Waals surface area contributed by atoms with E-state index in [1.807, 2.05) is 30.3 Å². The van der Waals surface area contributed by atoms with E-state index in [9.17, 15) is 4.39 Å². The van der Waals surface area contributed by atoms with Crippen molar-refractivity contribution < 1.29 is 13.9 Å². The van der Waals surface area contributed by atoms with Gasteiger partial charge in [-0.05, 0) is 51.8 Å². The van der Waals surface area contributed by atoms with Crippen molar-refractivity contribution in [3.05, 3.63) is 82.1 Å². The molecule has 152 valence electrons. The van der Waals surface area contributed by atoms with E-state index in [1.54, 1.807) is 37.6 Å². The average molecular weight is 486 g/mol. The molecule has 1 N–H and O–H groups in total. The van der Waals surface area contributed by atoms with E-state index in [0.717, 1.165) is 15.8 Å². The van der Waals surface area contributed by atoms with Gasteiger partial charge >= 0.3 is 0 Å². The quantitative estimate of drug-likeness (QED) is 0.249. The first kappa shape index (κ1) is 20.3. The van der Waals surface area contributed by atoms with Gasteiger partial charge in [0.15, 0.2) is 11.5 Å². The van der Waals surface area contributed by atoms with Crippen LogP contribution < -0.4 is 14.9 Å². The van der Waals surface area contributed by atoms with Crippen LogP contribution in [0.25, 0.3) is 10.2 Å². The van der Waals surface area contributed by atoms with Gasteiger partial charge in [0.1, 0.15) is 12.4 Å². The predicted molar refractivity (Wildman–Crippen MR) is 122 cm³/mol. The van der Waals surface area contributed by atoms with Crippen molar-refractivity contribution in [3.63, 3.8) is 0 Å². The van der Waals surface area contributed by atoms with Gasteiger partial charge < -0.3 is 9.47 Å². The first-order chi connectivity index (χ1) is 14.6. The number of benzene rings is 3. The third kappa shape index (κ3) is 4.60. The molecule has 4 rings (SSSR count). The first-order valence-corrected chi connectivity index (χ1v) is 10.6. The molecule has 4 aromatic rings. The van der Waals surface area contributed by atoms with Gasteiger partial charge in [0.2, 0.25) is 5.13 Å². The number of ether oxygens (including phenoxy) is 2. The van der Waals surface area contributed by atoms with Crippen molar-refractivity contribution >= 4 is 48.8 Å². The minimum absolute atomic E-state index is 0.0915. The third-order valence-electron chi connectivity index (χ3n) is 4.25. The maximum atomic E-state index is 13.8. The van der Waals surface area contributed by atoms with Gasteiger partial charge in [-0.1, -0.05) is 41.7 Å². The highest BCUT2D eigenvalue weighted by molar-refractivity contribution is 9.10. The number of nitrogens with one attached hydrogen (secondary N) is 1. The summed E-state index contributed by atoms with van der Waals surface area (Å²) in [6, 6.07) is 18.1. The van der Waals surface area contributed by atoms with Crippen molar-refractivity contribution in [1.29, 1.82) is 0 Å². The van der Waals surface area contributed by atoms with E-state index in [-0.39, 0.29) is 12.4 Å². The first-order valence-electron chi connectivity index (χ1n) is 9.02. The SMILES string of the molecule is COc1cc(C=NNc2nc3ccccc3s2)cc(Br)c1OCc1ccccc1F. The normalized spacial score (nSPS) is 11.2. The molecule has 0 aliphatic carbocycles. The van der Waals surface area contributed by atoms with Crippen LogP contribution in [-0.4, -0.2) is 18.3 Å². The van der Waals surface area contributed by atoms with E-state index >= 15 is 0 Å². The van der Waals surface area contributed by atoms with Gasteiger partial charge in [-0.25, -0.2) is 9.37 Å². The molecule has 0 saturated carbocycles. The fourth-order valence-electron chi connectivity index (χ4n) is 2.80. The molecule has 0 fully saturated rings. The monoisotopic (exact) mass is 485 g/mol. The Kier molecular flexibility index (Phi) is 6.25. The van der Waals surface area contributed by atoms with Gasteiger partial charge in [-0.15, -0.1) is 0 Å². The molecule has 0 radical (unpaired) electrons. The Morgan fingerprint density at radius 3 is 2.77 bits per heavy atom. The maximum Gasteiger partial charge on any atom is 0.204 e. The van der Waals surface area contributed by atoms with E-state index in [2.05, 4.69) is 31.4 Å². The van der Waals surface area contributed by atoms with Gasteiger partial charge in [-0.3, -0.25) is 5.43 Å². The number of hydrazone groups is 1. The number of rotatable bonds is 7. The van der Waals surface area contributed by atoms with Crippen LogP contribution in [0, 0.1) is 5.82 Å². The molecule has 8 heteroatoms. The highest BCUT2D eigenvalue weighted by Crippen LogP contribution is 2.37. The molecule has 1 heterocycles. The summed E-state index contributed by atoms with van der Waals surface area (Å²) in [4.78, 5) is 4.48. The van der Waals surface area contributed by atoms with Crippen LogP contribution >= 0.6 is 27.3 Å². The smallest absolute Gasteiger partial charge is 0.204 e. The van der Waals surface area contributed by atoms with Crippen molar-refractivity contribution in [2.24, 2.45) is 5.10 Å². The minimum atomic E-state index is -0.308. The maximum absolute atomic E-state index is 13.8. The van der Waals surface area contributed by atoms with Crippen molar-refractivity contribution in [3.8, 4) is 11.5 Å². The van der Waals surface area contributed by atoms with Crippen LogP contribution in [0.5, 0.6) is 11.5 Å². The minimum Gasteiger partial charge on any atom is -0.493 e. The second-order valence-electron chi connectivity index (χ2n) is 6.27. The average Bonchev–Trinajstić information content (AvgIpc) is 3.16. The fraction of sp³-hybridized carbons (Fsp3) is 0.0909. The molecule has 0 bridgehead atoms. The number of hydrogen-bond acceptors (Lipinski definition) is 6. The molecule has 0 aliphatic rings. The Balaban J connectivity index is 1.48. The summed E-state index contributed by atoms with van der Waals surface area (Å²) in [5.74, 6) is 0.705. The summed E-state index contributed by atoms with van der Waals surface area (Å²) in [7, 11) is 1.55. The lowest BCUT2D eigenvalue weighted by molar-refractivity contribution is 0.278. The van der Waals surface area contributed by atoms with Crippen molar-refractivity contribution in [2.45, 2.75) is 6.61 Å². The van der Waals surface area contributed by atoms with E-state index in [1.165, 1.54) is 17.4 Å². The van der Waals surface area contributed by atoms with Crippen molar-refractivity contribution in [1.82, 2.24) is 4.98 Å². The zero-order valence-corrected chi connectivity index (χ0v) is 18.3. The molecule has 0 aliphatic heterocycles. The summed E-state index contributed by atoms with van der Waals surface area (Å²) in [6.07, 6.45) is 1.67. The van der Waals surface area contributed by atoms with Crippen LogP contribution in [0.15, 0.2) is 70.2 Å². The number of fused-ring (bicyclic) bond motifs is 1. The predicted octanol–water partition coefficient (Wildman–Crippen LogP) is 6.23. The van der Waals surface area contributed by atoms with Crippen molar-refractivity contribution in [2.75, 3.05) is 12.5 Å². The molecule has 0 atom stereocenters.